The van der Waals surface area contributed by atoms with E-state index >= 15 is 0 Å². The average molecular weight is 940 g/mol. The molecule has 0 aliphatic carbocycles. The van der Waals surface area contributed by atoms with Gasteiger partial charge in [-0.3, -0.25) is 4.79 Å². The Balaban J connectivity index is 2.23. The van der Waals surface area contributed by atoms with E-state index in [0.717, 1.165) is 44.9 Å². The minimum atomic E-state index is -1.61. The van der Waals surface area contributed by atoms with Crippen LogP contribution in [0.5, 0.6) is 0 Å². The molecule has 0 saturated carbocycles. The summed E-state index contributed by atoms with van der Waals surface area (Å²) in [7, 11) is 0. The van der Waals surface area contributed by atoms with Gasteiger partial charge in [0.1, 0.15) is 30.5 Å². The second-order valence-electron chi connectivity index (χ2n) is 20.2. The molecule has 8 atom stereocenters. The van der Waals surface area contributed by atoms with E-state index in [-0.39, 0.29) is 6.61 Å². The Labute approximate surface area is 406 Å². The highest BCUT2D eigenvalue weighted by molar-refractivity contribution is 5.80. The molecule has 0 aromatic rings. The molecule has 1 aliphatic rings. The minimum absolute atomic E-state index is 0.301. The van der Waals surface area contributed by atoms with Crippen molar-refractivity contribution in [1.82, 2.24) is 5.32 Å². The third-order valence-corrected chi connectivity index (χ3v) is 14.0. The maximum atomic E-state index is 13.1. The molecule has 10 heteroatoms. The van der Waals surface area contributed by atoms with Crippen molar-refractivity contribution in [2.45, 2.75) is 326 Å². The van der Waals surface area contributed by atoms with Crippen LogP contribution in [-0.4, -0.2) is 98.7 Å². The summed E-state index contributed by atoms with van der Waals surface area (Å²) in [6, 6.07) is -0.976. The lowest BCUT2D eigenvalue weighted by Crippen LogP contribution is -2.60. The summed E-state index contributed by atoms with van der Waals surface area (Å²) in [6.45, 7) is 3.65. The lowest BCUT2D eigenvalue weighted by atomic mass is 9.99. The molecule has 7 N–H and O–H groups in total. The van der Waals surface area contributed by atoms with Gasteiger partial charge in [0.15, 0.2) is 6.29 Å². The number of aliphatic hydroxyl groups excluding tert-OH is 6. The van der Waals surface area contributed by atoms with Crippen molar-refractivity contribution in [3.8, 4) is 0 Å². The molecule has 0 bridgehead atoms. The molecule has 0 aromatic heterocycles. The Kier molecular flexibility index (Phi) is 44.1. The third-order valence-electron chi connectivity index (χ3n) is 14.0. The van der Waals surface area contributed by atoms with Crippen LogP contribution in [0.2, 0.25) is 0 Å². The second-order valence-corrected chi connectivity index (χ2v) is 20.2. The Bertz CT molecular complexity index is 1060. The molecule has 392 valence electrons. The summed E-state index contributed by atoms with van der Waals surface area (Å²) in [6.07, 6.45) is 46.0. The van der Waals surface area contributed by atoms with E-state index in [1.54, 1.807) is 6.08 Å². The maximum Gasteiger partial charge on any atom is 0.249 e. The van der Waals surface area contributed by atoms with Crippen molar-refractivity contribution >= 4 is 5.91 Å². The summed E-state index contributed by atoms with van der Waals surface area (Å²) < 4.78 is 11.2. The molecule has 0 spiro atoms. The Morgan fingerprint density at radius 1 is 0.515 bits per heavy atom. The number of amides is 1. The highest BCUT2D eigenvalue weighted by atomic mass is 16.7. The van der Waals surface area contributed by atoms with Gasteiger partial charge in [0.05, 0.1) is 25.4 Å². The molecule has 1 rings (SSSR count). The van der Waals surface area contributed by atoms with E-state index in [9.17, 15) is 35.4 Å². The van der Waals surface area contributed by atoms with Crippen molar-refractivity contribution in [2.24, 2.45) is 0 Å². The van der Waals surface area contributed by atoms with Crippen LogP contribution >= 0.6 is 0 Å². The van der Waals surface area contributed by atoms with Crippen molar-refractivity contribution in [3.63, 3.8) is 0 Å². The number of carbonyl (C=O) groups is 1. The van der Waals surface area contributed by atoms with E-state index in [1.165, 1.54) is 212 Å². The Morgan fingerprint density at radius 3 is 1.23 bits per heavy atom. The number of rotatable bonds is 49. The van der Waals surface area contributed by atoms with Crippen LogP contribution in [0, 0.1) is 0 Å². The Morgan fingerprint density at radius 2 is 0.864 bits per heavy atom. The fourth-order valence-electron chi connectivity index (χ4n) is 9.34. The molecule has 0 radical (unpaired) electrons. The van der Waals surface area contributed by atoms with Crippen LogP contribution in [0.1, 0.15) is 277 Å². The molecule has 8 unspecified atom stereocenters. The summed E-state index contributed by atoms with van der Waals surface area (Å²) in [5, 5.41) is 65.0. The summed E-state index contributed by atoms with van der Waals surface area (Å²) in [5.41, 5.74) is 0. The lowest BCUT2D eigenvalue weighted by Gasteiger charge is -2.40. The maximum absolute atomic E-state index is 13.1. The zero-order valence-corrected chi connectivity index (χ0v) is 43.1. The largest absolute Gasteiger partial charge is 0.394 e. The van der Waals surface area contributed by atoms with Crippen LogP contribution in [0.3, 0.4) is 0 Å². The molecule has 1 saturated heterocycles. The van der Waals surface area contributed by atoms with Gasteiger partial charge in [-0.15, -0.1) is 0 Å². The van der Waals surface area contributed by atoms with Gasteiger partial charge in [-0.25, -0.2) is 0 Å². The molecule has 10 nitrogen and oxygen atoms in total. The minimum Gasteiger partial charge on any atom is -0.394 e. The lowest BCUT2D eigenvalue weighted by molar-refractivity contribution is -0.302. The van der Waals surface area contributed by atoms with Crippen LogP contribution in [-0.2, 0) is 14.3 Å². The fraction of sp³-hybridized carbons (Fsp3) is 0.946. The highest BCUT2D eigenvalue weighted by Gasteiger charge is 2.44. The van der Waals surface area contributed by atoms with Crippen LogP contribution in [0.4, 0.5) is 0 Å². The van der Waals surface area contributed by atoms with Gasteiger partial charge in [0, 0.05) is 0 Å². The number of hydrogen-bond donors (Lipinski definition) is 7. The molecule has 0 aromatic carbocycles. The summed E-state index contributed by atoms with van der Waals surface area (Å²) in [5.74, 6) is -0.610. The normalized spacial score (nSPS) is 20.3. The number of allylic oxidation sites excluding steroid dienone is 1. The predicted octanol–water partition coefficient (Wildman–Crippen LogP) is 12.6. The van der Waals surface area contributed by atoms with Crippen molar-refractivity contribution in [2.75, 3.05) is 13.2 Å². The number of unbranched alkanes of at least 4 members (excludes halogenated alkanes) is 38. The predicted molar refractivity (Wildman–Crippen MR) is 273 cm³/mol. The zero-order valence-electron chi connectivity index (χ0n) is 43.1. The monoisotopic (exact) mass is 940 g/mol. The summed E-state index contributed by atoms with van der Waals surface area (Å²) in [4.78, 5) is 13.1. The number of hydrogen-bond acceptors (Lipinski definition) is 9. The number of nitrogens with one attached hydrogen (secondary N) is 1. The first-order valence-electron chi connectivity index (χ1n) is 28.5. The first-order chi connectivity index (χ1) is 32.3. The van der Waals surface area contributed by atoms with Crippen LogP contribution in [0.25, 0.3) is 0 Å². The van der Waals surface area contributed by atoms with Gasteiger partial charge in [0.2, 0.25) is 5.91 Å². The zero-order chi connectivity index (χ0) is 48.1. The van der Waals surface area contributed by atoms with Gasteiger partial charge >= 0.3 is 0 Å². The fourth-order valence-corrected chi connectivity index (χ4v) is 9.34. The van der Waals surface area contributed by atoms with Crippen LogP contribution in [0.15, 0.2) is 12.2 Å². The smallest absolute Gasteiger partial charge is 0.249 e. The quantitative estimate of drug-likeness (QED) is 0.0232. The standard InChI is InChI=1S/C56H109NO9/c1-3-5-7-9-11-13-15-17-19-20-21-22-23-24-25-26-27-28-29-31-33-35-37-39-41-43-45-50(60)55(64)57-48(47-65-56-54(63)53(62)52(61)51(46-58)66-56)49(59)44-42-40-38-36-34-32-30-18-16-14-12-10-8-6-4-2/h42,44,48-54,56,58-63H,3-41,43,45-47H2,1-2H3,(H,57,64)/b44-42+. The third kappa shape index (κ3) is 35.1. The first kappa shape index (κ1) is 62.9. The van der Waals surface area contributed by atoms with E-state index in [0.29, 0.717) is 6.42 Å². The number of carbonyl (C=O) groups excluding carboxylic acids is 1. The van der Waals surface area contributed by atoms with E-state index in [4.69, 9.17) is 9.47 Å². The van der Waals surface area contributed by atoms with Gasteiger partial charge in [-0.05, 0) is 19.3 Å². The summed E-state index contributed by atoms with van der Waals surface area (Å²) >= 11 is 0. The van der Waals surface area contributed by atoms with Gasteiger partial charge in [-0.1, -0.05) is 270 Å². The van der Waals surface area contributed by atoms with E-state index in [2.05, 4.69) is 19.2 Å². The molecular weight excluding hydrogens is 831 g/mol. The highest BCUT2D eigenvalue weighted by Crippen LogP contribution is 2.23. The number of aliphatic hydroxyl groups is 6. The van der Waals surface area contributed by atoms with Crippen molar-refractivity contribution < 1.29 is 44.9 Å². The molecular formula is C56H109NO9. The van der Waals surface area contributed by atoms with Crippen molar-refractivity contribution in [3.05, 3.63) is 12.2 Å². The Hall–Kier alpha value is -1.11. The number of ether oxygens (including phenoxy) is 2. The van der Waals surface area contributed by atoms with Crippen LogP contribution < -0.4 is 5.32 Å². The molecule has 1 aliphatic heterocycles. The topological polar surface area (TPSA) is 169 Å². The molecule has 1 amide bonds. The second kappa shape index (κ2) is 46.3. The average Bonchev–Trinajstić information content (AvgIpc) is 3.32. The van der Waals surface area contributed by atoms with E-state index < -0.39 is 61.5 Å². The SMILES string of the molecule is CCCCCCCCCCCCCCC/C=C/C(O)C(COC1OC(CO)C(O)C(O)C1O)NC(=O)C(O)CCCCCCCCCCCCCCCCCCCCCCCCCCCC. The van der Waals surface area contributed by atoms with Gasteiger partial charge in [0.25, 0.3) is 0 Å². The first-order valence-corrected chi connectivity index (χ1v) is 28.5. The van der Waals surface area contributed by atoms with Gasteiger partial charge in [-0.2, -0.15) is 0 Å². The van der Waals surface area contributed by atoms with E-state index in [1.807, 2.05) is 6.08 Å². The molecule has 1 fully saturated rings. The molecule has 66 heavy (non-hydrogen) atoms. The molecule has 1 heterocycles. The van der Waals surface area contributed by atoms with Crippen molar-refractivity contribution in [1.29, 1.82) is 0 Å². The van der Waals surface area contributed by atoms with Gasteiger partial charge < -0.3 is 45.4 Å².